The maximum Gasteiger partial charge on any atom is 0.251 e. The predicted octanol–water partition coefficient (Wildman–Crippen LogP) is 5.48. The average Bonchev–Trinajstić information content (AvgIpc) is 3.18. The number of hydrogen-bond donors (Lipinski definition) is 1. The normalized spacial score (nSPS) is 20.6. The summed E-state index contributed by atoms with van der Waals surface area (Å²) in [6, 6.07) is 23.5. The summed E-state index contributed by atoms with van der Waals surface area (Å²) in [6.07, 6.45) is 1.16. The smallest absolute Gasteiger partial charge is 0.251 e. The van der Waals surface area contributed by atoms with Gasteiger partial charge in [0.05, 0.1) is 35.1 Å². The van der Waals surface area contributed by atoms with E-state index < -0.39 is 11.6 Å². The molecule has 1 atom stereocenters. The van der Waals surface area contributed by atoms with Gasteiger partial charge in [-0.05, 0) is 66.9 Å². The van der Waals surface area contributed by atoms with E-state index in [0.717, 1.165) is 15.7 Å². The second-order valence-corrected chi connectivity index (χ2v) is 9.83. The lowest BCUT2D eigenvalue weighted by atomic mass is 9.84. The van der Waals surface area contributed by atoms with Crippen molar-refractivity contribution in [2.75, 3.05) is 18.0 Å². The number of rotatable bonds is 5. The van der Waals surface area contributed by atoms with E-state index in [-0.39, 0.29) is 18.2 Å². The highest BCUT2D eigenvalue weighted by Crippen LogP contribution is 2.36. The third-order valence-corrected chi connectivity index (χ3v) is 7.24. The molecule has 0 spiro atoms. The van der Waals surface area contributed by atoms with Crippen molar-refractivity contribution in [1.82, 2.24) is 4.90 Å². The maximum atomic E-state index is 13.2. The fourth-order valence-electron chi connectivity index (χ4n) is 4.71. The van der Waals surface area contributed by atoms with Crippen LogP contribution in [0.2, 0.25) is 0 Å². The molecule has 5 rings (SSSR count). The number of halogens is 1. The molecule has 0 bridgehead atoms. The number of nitrogens with zero attached hydrogens (tertiary/aromatic N) is 4. The number of anilines is 1. The highest BCUT2D eigenvalue weighted by molar-refractivity contribution is 9.10. The first-order valence-electron chi connectivity index (χ1n) is 11.6. The zero-order valence-corrected chi connectivity index (χ0v) is 20.6. The van der Waals surface area contributed by atoms with Crippen LogP contribution in [0.4, 0.5) is 17.1 Å². The van der Waals surface area contributed by atoms with E-state index in [0.29, 0.717) is 37.3 Å². The molecular formula is C27H25BrN4O3. The minimum absolute atomic E-state index is 0.144. The quantitative estimate of drug-likeness (QED) is 0.348. The van der Waals surface area contributed by atoms with Crippen LogP contribution < -0.4 is 4.90 Å². The van der Waals surface area contributed by atoms with Crippen LogP contribution in [0.5, 0.6) is 0 Å². The van der Waals surface area contributed by atoms with E-state index in [1.54, 1.807) is 24.3 Å². The van der Waals surface area contributed by atoms with Gasteiger partial charge in [-0.2, -0.15) is 10.2 Å². The molecule has 2 fully saturated rings. The van der Waals surface area contributed by atoms with Crippen molar-refractivity contribution >= 4 is 44.8 Å². The molecule has 178 valence electrons. The van der Waals surface area contributed by atoms with Crippen molar-refractivity contribution in [3.63, 3.8) is 0 Å². The van der Waals surface area contributed by atoms with Crippen molar-refractivity contribution in [1.29, 1.82) is 0 Å². The lowest BCUT2D eigenvalue weighted by Crippen LogP contribution is -2.49. The molecule has 8 heteroatoms. The first kappa shape index (κ1) is 23.5. The number of hydrogen-bond acceptors (Lipinski definition) is 6. The molecule has 0 saturated carbocycles. The van der Waals surface area contributed by atoms with Crippen molar-refractivity contribution < 1.29 is 14.7 Å². The Hall–Kier alpha value is -3.20. The molecule has 3 aromatic rings. The Balaban J connectivity index is 1.24. The second-order valence-electron chi connectivity index (χ2n) is 8.91. The molecule has 0 radical (unpaired) electrons. The molecular weight excluding hydrogens is 508 g/mol. The summed E-state index contributed by atoms with van der Waals surface area (Å²) in [5.41, 5.74) is 1.87. The third-order valence-electron chi connectivity index (χ3n) is 6.72. The summed E-state index contributed by atoms with van der Waals surface area (Å²) >= 11 is 3.43. The summed E-state index contributed by atoms with van der Waals surface area (Å²) in [5.74, 6) is -0.435. The molecule has 2 amide bonds. The lowest BCUT2D eigenvalue weighted by Gasteiger charge is -2.40. The first-order chi connectivity index (χ1) is 16.9. The van der Waals surface area contributed by atoms with Crippen molar-refractivity contribution in [3.8, 4) is 0 Å². The molecule has 1 unspecified atom stereocenters. The molecule has 2 saturated heterocycles. The Morgan fingerprint density at radius 3 is 2.06 bits per heavy atom. The Morgan fingerprint density at radius 2 is 1.43 bits per heavy atom. The average molecular weight is 533 g/mol. The number of carbonyl (C=O) groups excluding carboxylic acids is 2. The maximum absolute atomic E-state index is 13.2. The highest BCUT2D eigenvalue weighted by Gasteiger charge is 2.45. The summed E-state index contributed by atoms with van der Waals surface area (Å²) in [6.45, 7) is 1.09. The van der Waals surface area contributed by atoms with Crippen LogP contribution in [-0.2, 0) is 15.2 Å². The van der Waals surface area contributed by atoms with Crippen molar-refractivity contribution in [2.24, 2.45) is 10.2 Å². The fraction of sp³-hybridized carbons (Fsp3) is 0.259. The van der Waals surface area contributed by atoms with Gasteiger partial charge in [-0.1, -0.05) is 46.3 Å². The third kappa shape index (κ3) is 4.96. The van der Waals surface area contributed by atoms with E-state index in [1.807, 2.05) is 59.5 Å². The molecule has 3 aromatic carbocycles. The Kier molecular flexibility index (Phi) is 6.60. The van der Waals surface area contributed by atoms with Gasteiger partial charge in [-0.15, -0.1) is 0 Å². The molecule has 2 aliphatic heterocycles. The molecule has 0 aromatic heterocycles. The number of imide groups is 1. The largest absolute Gasteiger partial charge is 0.385 e. The fourth-order valence-corrected chi connectivity index (χ4v) is 4.97. The minimum Gasteiger partial charge on any atom is -0.385 e. The monoisotopic (exact) mass is 532 g/mol. The Labute approximate surface area is 212 Å². The van der Waals surface area contributed by atoms with Crippen LogP contribution in [0.3, 0.4) is 0 Å². The second kappa shape index (κ2) is 9.81. The molecule has 2 heterocycles. The number of piperidine rings is 1. The van der Waals surface area contributed by atoms with Gasteiger partial charge in [-0.25, -0.2) is 4.90 Å². The Morgan fingerprint density at radius 1 is 0.829 bits per heavy atom. The highest BCUT2D eigenvalue weighted by atomic mass is 79.9. The van der Waals surface area contributed by atoms with Crippen molar-refractivity contribution in [2.45, 2.75) is 30.9 Å². The van der Waals surface area contributed by atoms with Crippen LogP contribution in [0.15, 0.2) is 93.6 Å². The van der Waals surface area contributed by atoms with Gasteiger partial charge >= 0.3 is 0 Å². The van der Waals surface area contributed by atoms with Gasteiger partial charge < -0.3 is 5.11 Å². The predicted molar refractivity (Wildman–Crippen MR) is 137 cm³/mol. The molecule has 35 heavy (non-hydrogen) atoms. The number of carbonyl (C=O) groups is 2. The first-order valence-corrected chi connectivity index (χ1v) is 12.4. The zero-order chi connectivity index (χ0) is 24.4. The Bertz CT molecular complexity index is 1240. The molecule has 1 N–H and O–H groups in total. The number of likely N-dealkylation sites (tertiary alicyclic amines) is 1. The standard InChI is InChI=1S/C27H25BrN4O3/c28-20-8-6-19(7-9-20)27(35)14-16-31(17-15-27)24-18-25(33)32(26(24)34)23-12-10-22(11-13-23)30-29-21-4-2-1-3-5-21/h1-13,24,35H,14-18H2. The lowest BCUT2D eigenvalue weighted by molar-refractivity contribution is -0.124. The van der Waals surface area contributed by atoms with Gasteiger partial charge in [0.15, 0.2) is 0 Å². The topological polar surface area (TPSA) is 85.6 Å². The number of benzene rings is 3. The molecule has 7 nitrogen and oxygen atoms in total. The summed E-state index contributed by atoms with van der Waals surface area (Å²) in [4.78, 5) is 29.3. The summed E-state index contributed by atoms with van der Waals surface area (Å²) in [5, 5.41) is 19.6. The van der Waals surface area contributed by atoms with Gasteiger partial charge in [0.2, 0.25) is 5.91 Å². The van der Waals surface area contributed by atoms with Crippen LogP contribution >= 0.6 is 15.9 Å². The van der Waals surface area contributed by atoms with Gasteiger partial charge in [0.1, 0.15) is 0 Å². The number of azo groups is 1. The van der Waals surface area contributed by atoms with E-state index in [9.17, 15) is 14.7 Å². The van der Waals surface area contributed by atoms with Crippen LogP contribution in [0.25, 0.3) is 0 Å². The summed E-state index contributed by atoms with van der Waals surface area (Å²) in [7, 11) is 0. The molecule has 2 aliphatic rings. The van der Waals surface area contributed by atoms with Crippen molar-refractivity contribution in [3.05, 3.63) is 88.9 Å². The minimum atomic E-state index is -0.924. The van der Waals surface area contributed by atoms with E-state index in [2.05, 4.69) is 26.2 Å². The van der Waals surface area contributed by atoms with E-state index in [1.165, 1.54) is 4.90 Å². The van der Waals surface area contributed by atoms with Gasteiger partial charge in [0, 0.05) is 17.6 Å². The zero-order valence-electron chi connectivity index (χ0n) is 19.0. The van der Waals surface area contributed by atoms with Crippen LogP contribution in [-0.4, -0.2) is 41.0 Å². The van der Waals surface area contributed by atoms with Crippen LogP contribution in [0.1, 0.15) is 24.8 Å². The number of amides is 2. The van der Waals surface area contributed by atoms with E-state index in [4.69, 9.17) is 0 Å². The van der Waals surface area contributed by atoms with Crippen LogP contribution in [0, 0.1) is 0 Å². The van der Waals surface area contributed by atoms with Gasteiger partial charge in [0.25, 0.3) is 5.91 Å². The van der Waals surface area contributed by atoms with Gasteiger partial charge in [-0.3, -0.25) is 14.5 Å². The summed E-state index contributed by atoms with van der Waals surface area (Å²) < 4.78 is 0.963. The number of aliphatic hydroxyl groups is 1. The molecule has 0 aliphatic carbocycles. The SMILES string of the molecule is O=C1CC(N2CCC(O)(c3ccc(Br)cc3)CC2)C(=O)N1c1ccc(N=Nc2ccccc2)cc1. The van der Waals surface area contributed by atoms with E-state index >= 15 is 0 Å².